The monoisotopic (exact) mass is 369 g/mol. The Hall–Kier alpha value is -1.63. The summed E-state index contributed by atoms with van der Waals surface area (Å²) in [5.41, 5.74) is 1.30. The van der Waals surface area contributed by atoms with E-state index in [1.807, 2.05) is 18.2 Å². The number of carboxylic acid groups (broad SMARTS) is 1. The molecule has 0 amide bonds. The second-order valence-corrected chi connectivity index (χ2v) is 5.15. The van der Waals surface area contributed by atoms with Gasteiger partial charge >= 0.3 is 5.97 Å². The fourth-order valence-electron chi connectivity index (χ4n) is 1.62. The Balaban J connectivity index is 2.02. The molecule has 19 heavy (non-hydrogen) atoms. The molecule has 2 aromatic rings. The second kappa shape index (κ2) is 6.51. The van der Waals surface area contributed by atoms with Gasteiger partial charge in [-0.2, -0.15) is 0 Å². The Labute approximate surface area is 124 Å². The average Bonchev–Trinajstić information content (AvgIpc) is 2.41. The van der Waals surface area contributed by atoms with Crippen LogP contribution in [0.15, 0.2) is 42.7 Å². The van der Waals surface area contributed by atoms with E-state index in [2.05, 4.69) is 27.6 Å². The van der Waals surface area contributed by atoms with Crippen molar-refractivity contribution in [3.63, 3.8) is 0 Å². The molecule has 1 aromatic carbocycles. The van der Waals surface area contributed by atoms with E-state index >= 15 is 0 Å². The third-order valence-corrected chi connectivity index (χ3v) is 3.24. The third-order valence-electron chi connectivity index (χ3n) is 2.57. The molecular weight excluding hydrogens is 357 g/mol. The predicted molar refractivity (Wildman–Crippen MR) is 79.6 cm³/mol. The van der Waals surface area contributed by atoms with Crippen molar-refractivity contribution in [2.75, 3.05) is 6.61 Å². The Bertz CT molecular complexity index is 572. The Morgan fingerprint density at radius 3 is 2.68 bits per heavy atom. The zero-order valence-electron chi connectivity index (χ0n) is 10.0. The summed E-state index contributed by atoms with van der Waals surface area (Å²) in [6, 6.07) is 8.95. The summed E-state index contributed by atoms with van der Waals surface area (Å²) in [6.07, 6.45) is 4.17. The van der Waals surface area contributed by atoms with Crippen LogP contribution in [0.4, 0.5) is 0 Å². The molecule has 2 rings (SSSR count). The number of carbonyl (C=O) groups is 1. The molecule has 1 aromatic heterocycles. The molecule has 0 radical (unpaired) electrons. The van der Waals surface area contributed by atoms with Crippen molar-refractivity contribution in [3.05, 3.63) is 57.4 Å². The molecular formula is C14H12INO3. The summed E-state index contributed by atoms with van der Waals surface area (Å²) in [7, 11) is 0. The predicted octanol–water partition coefficient (Wildman–Crippen LogP) is 3.01. The highest BCUT2D eigenvalue weighted by Crippen LogP contribution is 2.21. The van der Waals surface area contributed by atoms with Gasteiger partial charge in [0.2, 0.25) is 0 Å². The molecule has 0 aliphatic heterocycles. The standard InChI is InChI=1S/C14H12INO3/c15-11-1-2-13(12(9-11)14(17)18)19-8-5-10-3-6-16-7-4-10/h1-4,6-7,9H,5,8H2,(H,17,18). The summed E-state index contributed by atoms with van der Waals surface area (Å²) >= 11 is 2.08. The van der Waals surface area contributed by atoms with Crippen LogP contribution in [0.1, 0.15) is 15.9 Å². The molecule has 0 aliphatic rings. The van der Waals surface area contributed by atoms with Crippen molar-refractivity contribution < 1.29 is 14.6 Å². The summed E-state index contributed by atoms with van der Waals surface area (Å²) < 4.78 is 6.42. The summed E-state index contributed by atoms with van der Waals surface area (Å²) in [4.78, 5) is 15.1. The molecule has 4 nitrogen and oxygen atoms in total. The van der Waals surface area contributed by atoms with E-state index in [1.54, 1.807) is 24.5 Å². The first-order chi connectivity index (χ1) is 9.16. The minimum atomic E-state index is -0.975. The highest BCUT2D eigenvalue weighted by atomic mass is 127. The lowest BCUT2D eigenvalue weighted by molar-refractivity contribution is 0.0692. The van der Waals surface area contributed by atoms with Crippen LogP contribution in [-0.4, -0.2) is 22.7 Å². The molecule has 0 saturated heterocycles. The molecule has 0 unspecified atom stereocenters. The number of benzene rings is 1. The maximum atomic E-state index is 11.1. The SMILES string of the molecule is O=C(O)c1cc(I)ccc1OCCc1ccncc1. The molecule has 98 valence electrons. The summed E-state index contributed by atoms with van der Waals surface area (Å²) in [5, 5.41) is 9.11. The van der Waals surface area contributed by atoms with Crippen LogP contribution in [0.3, 0.4) is 0 Å². The van der Waals surface area contributed by atoms with Crippen molar-refractivity contribution >= 4 is 28.6 Å². The summed E-state index contributed by atoms with van der Waals surface area (Å²) in [5.74, 6) is -0.570. The zero-order valence-corrected chi connectivity index (χ0v) is 12.2. The van der Waals surface area contributed by atoms with Crippen molar-refractivity contribution in [2.45, 2.75) is 6.42 Å². The van der Waals surface area contributed by atoms with Gasteiger partial charge in [0.15, 0.2) is 0 Å². The number of hydrogen-bond donors (Lipinski definition) is 1. The van der Waals surface area contributed by atoms with E-state index in [0.717, 1.165) is 9.13 Å². The van der Waals surface area contributed by atoms with Gasteiger partial charge in [-0.25, -0.2) is 4.79 Å². The minimum absolute atomic E-state index is 0.196. The number of halogens is 1. The molecule has 0 fully saturated rings. The van der Waals surface area contributed by atoms with Crippen LogP contribution < -0.4 is 4.74 Å². The van der Waals surface area contributed by atoms with E-state index in [4.69, 9.17) is 9.84 Å². The molecule has 0 aliphatic carbocycles. The molecule has 1 heterocycles. The van der Waals surface area contributed by atoms with Gasteiger partial charge in [-0.3, -0.25) is 4.98 Å². The topological polar surface area (TPSA) is 59.4 Å². The molecule has 1 N–H and O–H groups in total. The largest absolute Gasteiger partial charge is 0.492 e. The molecule has 0 atom stereocenters. The Kier molecular flexibility index (Phi) is 4.73. The Morgan fingerprint density at radius 1 is 1.26 bits per heavy atom. The maximum Gasteiger partial charge on any atom is 0.339 e. The number of nitrogens with zero attached hydrogens (tertiary/aromatic N) is 1. The number of pyridine rings is 1. The molecule has 0 spiro atoms. The first-order valence-corrected chi connectivity index (χ1v) is 6.79. The van der Waals surface area contributed by atoms with Gasteiger partial charge in [0.25, 0.3) is 0 Å². The number of aromatic nitrogens is 1. The van der Waals surface area contributed by atoms with Gasteiger partial charge in [0.05, 0.1) is 6.61 Å². The molecule has 5 heteroatoms. The van der Waals surface area contributed by atoms with Crippen LogP contribution in [-0.2, 0) is 6.42 Å². The minimum Gasteiger partial charge on any atom is -0.492 e. The maximum absolute atomic E-state index is 11.1. The Morgan fingerprint density at radius 2 is 2.00 bits per heavy atom. The van der Waals surface area contributed by atoms with E-state index in [0.29, 0.717) is 18.8 Å². The van der Waals surface area contributed by atoms with Crippen molar-refractivity contribution in [1.29, 1.82) is 0 Å². The van der Waals surface area contributed by atoms with Crippen molar-refractivity contribution in [2.24, 2.45) is 0 Å². The average molecular weight is 369 g/mol. The third kappa shape index (κ3) is 3.92. The highest BCUT2D eigenvalue weighted by molar-refractivity contribution is 14.1. The number of aromatic carboxylic acids is 1. The van der Waals surface area contributed by atoms with Crippen molar-refractivity contribution in [1.82, 2.24) is 4.98 Å². The van der Waals surface area contributed by atoms with Gasteiger partial charge in [0, 0.05) is 22.4 Å². The van der Waals surface area contributed by atoms with Crippen LogP contribution in [0.25, 0.3) is 0 Å². The number of ether oxygens (including phenoxy) is 1. The normalized spacial score (nSPS) is 10.2. The zero-order chi connectivity index (χ0) is 13.7. The van der Waals surface area contributed by atoms with Gasteiger partial charge in [0.1, 0.15) is 11.3 Å². The van der Waals surface area contributed by atoms with E-state index in [1.165, 1.54) is 0 Å². The van der Waals surface area contributed by atoms with E-state index in [9.17, 15) is 4.79 Å². The first kappa shape index (κ1) is 13.8. The quantitative estimate of drug-likeness (QED) is 0.824. The summed E-state index contributed by atoms with van der Waals surface area (Å²) in [6.45, 7) is 0.435. The number of carboxylic acids is 1. The highest BCUT2D eigenvalue weighted by Gasteiger charge is 2.11. The van der Waals surface area contributed by atoms with Gasteiger partial charge in [-0.15, -0.1) is 0 Å². The van der Waals surface area contributed by atoms with Crippen LogP contribution in [0.2, 0.25) is 0 Å². The lowest BCUT2D eigenvalue weighted by atomic mass is 10.2. The smallest absolute Gasteiger partial charge is 0.339 e. The van der Waals surface area contributed by atoms with E-state index in [-0.39, 0.29) is 5.56 Å². The lowest BCUT2D eigenvalue weighted by Crippen LogP contribution is -2.06. The first-order valence-electron chi connectivity index (χ1n) is 5.71. The molecule has 0 bridgehead atoms. The molecule has 0 saturated carbocycles. The lowest BCUT2D eigenvalue weighted by Gasteiger charge is -2.09. The number of hydrogen-bond acceptors (Lipinski definition) is 3. The van der Waals surface area contributed by atoms with Crippen LogP contribution in [0, 0.1) is 3.57 Å². The number of rotatable bonds is 5. The fourth-order valence-corrected chi connectivity index (χ4v) is 2.11. The second-order valence-electron chi connectivity index (χ2n) is 3.90. The van der Waals surface area contributed by atoms with Gasteiger partial charge < -0.3 is 9.84 Å². The van der Waals surface area contributed by atoms with Gasteiger partial charge in [-0.05, 0) is 58.5 Å². The van der Waals surface area contributed by atoms with E-state index < -0.39 is 5.97 Å². The van der Waals surface area contributed by atoms with Gasteiger partial charge in [-0.1, -0.05) is 0 Å². The van der Waals surface area contributed by atoms with Crippen LogP contribution >= 0.6 is 22.6 Å². The fraction of sp³-hybridized carbons (Fsp3) is 0.143. The van der Waals surface area contributed by atoms with Crippen LogP contribution in [0.5, 0.6) is 5.75 Å². The van der Waals surface area contributed by atoms with Crippen molar-refractivity contribution in [3.8, 4) is 5.75 Å².